The number of methoxy groups -OCH3 is 1. The quantitative estimate of drug-likeness (QED) is 0.508. The van der Waals surface area contributed by atoms with E-state index in [2.05, 4.69) is 22.0 Å². The van der Waals surface area contributed by atoms with Gasteiger partial charge in [-0.3, -0.25) is 4.79 Å². The van der Waals surface area contributed by atoms with E-state index in [1.807, 2.05) is 47.8 Å². The summed E-state index contributed by atoms with van der Waals surface area (Å²) in [6.45, 7) is 4.66. The van der Waals surface area contributed by atoms with Crippen molar-refractivity contribution in [2.75, 3.05) is 38.2 Å². The monoisotopic (exact) mass is 433 g/mol. The number of hydrogen-bond donors (Lipinski definition) is 2. The van der Waals surface area contributed by atoms with Gasteiger partial charge < -0.3 is 19.5 Å². The van der Waals surface area contributed by atoms with E-state index in [1.165, 1.54) is 21.9 Å². The van der Waals surface area contributed by atoms with Crippen molar-refractivity contribution in [3.63, 3.8) is 0 Å². The summed E-state index contributed by atoms with van der Waals surface area (Å²) < 4.78 is 5.35. The van der Waals surface area contributed by atoms with Gasteiger partial charge >= 0.3 is 0 Å². The topological polar surface area (TPSA) is 62.7 Å². The lowest BCUT2D eigenvalue weighted by atomic mass is 10.1. The maximum Gasteiger partial charge on any atom is 0.260 e. The zero-order valence-corrected chi connectivity index (χ0v) is 18.2. The van der Waals surface area contributed by atoms with Crippen LogP contribution in [0.15, 0.2) is 64.8 Å². The number of anilines is 1. The molecule has 2 aromatic heterocycles. The number of quaternary nitrogens is 1. The molecule has 158 valence electrons. The van der Waals surface area contributed by atoms with E-state index in [-0.39, 0.29) is 5.56 Å². The number of ether oxygens (including phenoxy) is 1. The number of H-pyrrole nitrogens is 1. The minimum absolute atomic E-state index is 0.0467. The molecule has 4 aromatic rings. The molecule has 0 amide bonds. The van der Waals surface area contributed by atoms with Crippen LogP contribution in [0.3, 0.4) is 0 Å². The van der Waals surface area contributed by atoms with Crippen LogP contribution in [0.5, 0.6) is 5.75 Å². The van der Waals surface area contributed by atoms with Crippen LogP contribution in [-0.2, 0) is 6.54 Å². The fourth-order valence-electron chi connectivity index (χ4n) is 4.21. The Morgan fingerprint density at radius 3 is 2.71 bits per heavy atom. The molecule has 3 heterocycles. The molecule has 1 fully saturated rings. The normalized spacial score (nSPS) is 14.8. The highest BCUT2D eigenvalue weighted by molar-refractivity contribution is 7.17. The van der Waals surface area contributed by atoms with Gasteiger partial charge in [-0.25, -0.2) is 4.98 Å². The van der Waals surface area contributed by atoms with E-state index in [0.29, 0.717) is 5.39 Å². The molecule has 0 saturated carbocycles. The van der Waals surface area contributed by atoms with Crippen LogP contribution >= 0.6 is 11.3 Å². The van der Waals surface area contributed by atoms with E-state index in [0.717, 1.165) is 60.3 Å². The highest BCUT2D eigenvalue weighted by Gasteiger charge is 2.22. The SMILES string of the molecule is COc1cccc(N2CC[NH+](Cc3nc4scc(-c5ccccc5)c4c(=O)[nH]3)CC2)c1. The van der Waals surface area contributed by atoms with Crippen LogP contribution in [-0.4, -0.2) is 43.3 Å². The average Bonchev–Trinajstić information content (AvgIpc) is 3.25. The third kappa shape index (κ3) is 4.06. The summed E-state index contributed by atoms with van der Waals surface area (Å²) in [6.07, 6.45) is 0. The van der Waals surface area contributed by atoms with Crippen LogP contribution in [0.2, 0.25) is 0 Å². The van der Waals surface area contributed by atoms with Gasteiger partial charge in [0.25, 0.3) is 5.56 Å². The molecule has 6 nitrogen and oxygen atoms in total. The Balaban J connectivity index is 1.30. The first-order valence-corrected chi connectivity index (χ1v) is 11.4. The van der Waals surface area contributed by atoms with Gasteiger partial charge in [-0.05, 0) is 17.7 Å². The molecule has 1 saturated heterocycles. The van der Waals surface area contributed by atoms with Crippen LogP contribution in [0, 0.1) is 0 Å². The van der Waals surface area contributed by atoms with Crippen molar-refractivity contribution in [1.29, 1.82) is 0 Å². The van der Waals surface area contributed by atoms with Gasteiger partial charge in [-0.1, -0.05) is 36.4 Å². The number of aromatic amines is 1. The van der Waals surface area contributed by atoms with Crippen LogP contribution < -0.4 is 20.1 Å². The van der Waals surface area contributed by atoms with Gasteiger partial charge in [0.1, 0.15) is 17.1 Å². The van der Waals surface area contributed by atoms with Gasteiger partial charge in [-0.2, -0.15) is 0 Å². The van der Waals surface area contributed by atoms with Crippen molar-refractivity contribution < 1.29 is 9.64 Å². The molecule has 1 aliphatic rings. The summed E-state index contributed by atoms with van der Waals surface area (Å²) in [7, 11) is 1.70. The second kappa shape index (κ2) is 8.53. The van der Waals surface area contributed by atoms with Gasteiger partial charge in [0.15, 0.2) is 5.82 Å². The number of aromatic nitrogens is 2. The molecule has 7 heteroatoms. The highest BCUT2D eigenvalue weighted by atomic mass is 32.1. The largest absolute Gasteiger partial charge is 0.497 e. The van der Waals surface area contributed by atoms with E-state index in [4.69, 9.17) is 9.72 Å². The first-order valence-electron chi connectivity index (χ1n) is 10.5. The van der Waals surface area contributed by atoms with Gasteiger partial charge in [-0.15, -0.1) is 11.3 Å². The number of nitrogens with one attached hydrogen (secondary N) is 2. The number of hydrogen-bond acceptors (Lipinski definition) is 5. The van der Waals surface area contributed by atoms with E-state index in [1.54, 1.807) is 7.11 Å². The molecule has 31 heavy (non-hydrogen) atoms. The first kappa shape index (κ1) is 19.8. The molecule has 0 unspecified atom stereocenters. The average molecular weight is 434 g/mol. The molecule has 5 rings (SSSR count). The molecule has 0 bridgehead atoms. The van der Waals surface area contributed by atoms with E-state index < -0.39 is 0 Å². The molecule has 0 atom stereocenters. The smallest absolute Gasteiger partial charge is 0.260 e. The lowest BCUT2D eigenvalue weighted by Crippen LogP contribution is -3.13. The zero-order chi connectivity index (χ0) is 21.2. The number of nitrogens with zero attached hydrogens (tertiary/aromatic N) is 2. The maximum absolute atomic E-state index is 12.9. The highest BCUT2D eigenvalue weighted by Crippen LogP contribution is 2.30. The van der Waals surface area contributed by atoms with Crippen LogP contribution in [0.25, 0.3) is 21.3 Å². The fraction of sp³-hybridized carbons (Fsp3) is 0.250. The Morgan fingerprint density at radius 1 is 1.13 bits per heavy atom. The second-order valence-corrected chi connectivity index (χ2v) is 8.68. The van der Waals surface area contributed by atoms with E-state index >= 15 is 0 Å². The summed E-state index contributed by atoms with van der Waals surface area (Å²) in [4.78, 5) is 25.3. The summed E-state index contributed by atoms with van der Waals surface area (Å²) in [5, 5.41) is 2.73. The molecule has 2 N–H and O–H groups in total. The summed E-state index contributed by atoms with van der Waals surface area (Å²) in [5.41, 5.74) is 3.15. The van der Waals surface area contributed by atoms with E-state index in [9.17, 15) is 4.79 Å². The van der Waals surface area contributed by atoms with Crippen molar-refractivity contribution in [1.82, 2.24) is 9.97 Å². The Bertz CT molecular complexity index is 1240. The molecule has 0 spiro atoms. The number of benzene rings is 2. The Kier molecular flexibility index (Phi) is 5.44. The van der Waals surface area contributed by atoms with Gasteiger partial charge in [0.05, 0.1) is 38.7 Å². The van der Waals surface area contributed by atoms with Crippen molar-refractivity contribution in [3.8, 4) is 16.9 Å². The number of fused-ring (bicyclic) bond motifs is 1. The third-order valence-electron chi connectivity index (χ3n) is 5.88. The van der Waals surface area contributed by atoms with Crippen LogP contribution in [0.4, 0.5) is 5.69 Å². The molecule has 0 aliphatic carbocycles. The Morgan fingerprint density at radius 2 is 1.94 bits per heavy atom. The van der Waals surface area contributed by atoms with Crippen molar-refractivity contribution >= 4 is 27.2 Å². The lowest BCUT2D eigenvalue weighted by Gasteiger charge is -2.33. The zero-order valence-electron chi connectivity index (χ0n) is 17.4. The second-order valence-electron chi connectivity index (χ2n) is 7.82. The standard InChI is InChI=1S/C24H24N4O2S/c1-30-19-9-5-8-18(14-19)28-12-10-27(11-13-28)15-21-25-23(29)22-20(16-31-24(22)26-21)17-6-3-2-4-7-17/h2-9,14,16H,10-13,15H2,1H3,(H,25,26,29)/p+1. The van der Waals surface area contributed by atoms with Crippen LogP contribution in [0.1, 0.15) is 5.82 Å². The lowest BCUT2D eigenvalue weighted by molar-refractivity contribution is -0.915. The maximum atomic E-state index is 12.9. The Hall–Kier alpha value is -3.16. The molecule has 2 aromatic carbocycles. The predicted octanol–water partition coefficient (Wildman–Crippen LogP) is 2.57. The predicted molar refractivity (Wildman–Crippen MR) is 125 cm³/mol. The third-order valence-corrected chi connectivity index (χ3v) is 6.76. The number of rotatable bonds is 5. The minimum atomic E-state index is -0.0467. The number of piperazine rings is 1. The molecule has 1 aliphatic heterocycles. The van der Waals surface area contributed by atoms with Crippen molar-refractivity contribution in [2.24, 2.45) is 0 Å². The van der Waals surface area contributed by atoms with Gasteiger partial charge in [0, 0.05) is 22.7 Å². The minimum Gasteiger partial charge on any atom is -0.497 e. The summed E-state index contributed by atoms with van der Waals surface area (Å²) >= 11 is 1.54. The van der Waals surface area contributed by atoms with Gasteiger partial charge in [0.2, 0.25) is 0 Å². The number of thiophene rings is 1. The Labute approximate surface area is 184 Å². The molecule has 0 radical (unpaired) electrons. The molecular formula is C24H25N4O2S+. The fourth-order valence-corrected chi connectivity index (χ4v) is 5.18. The van der Waals surface area contributed by atoms with Crippen molar-refractivity contribution in [2.45, 2.75) is 6.54 Å². The van der Waals surface area contributed by atoms with Crippen molar-refractivity contribution in [3.05, 3.63) is 76.2 Å². The molecular weight excluding hydrogens is 408 g/mol. The summed E-state index contributed by atoms with van der Waals surface area (Å²) in [6, 6.07) is 18.2. The first-order chi connectivity index (χ1) is 15.2. The summed E-state index contributed by atoms with van der Waals surface area (Å²) in [5.74, 6) is 1.65.